The summed E-state index contributed by atoms with van der Waals surface area (Å²) in [7, 11) is 5.74. The molecule has 0 aliphatic heterocycles. The second kappa shape index (κ2) is 5.93. The van der Waals surface area contributed by atoms with Gasteiger partial charge in [0.2, 0.25) is 0 Å². The minimum absolute atomic E-state index is 0.0610. The third-order valence-electron chi connectivity index (χ3n) is 4.18. The van der Waals surface area contributed by atoms with Crippen molar-refractivity contribution in [1.82, 2.24) is 10.6 Å². The molecule has 108 valence electrons. The molecule has 0 heterocycles. The quantitative estimate of drug-likeness (QED) is 0.858. The van der Waals surface area contributed by atoms with Crippen LogP contribution in [-0.4, -0.2) is 26.7 Å². The summed E-state index contributed by atoms with van der Waals surface area (Å²) in [4.78, 5) is 0. The average Bonchev–Trinajstić information content (AvgIpc) is 2.36. The van der Waals surface area contributed by atoms with Gasteiger partial charge in [-0.15, -0.1) is 0 Å². The standard InChI is InChI=1S/C16H28N2O/c1-10-9-11(2)13(14(19-8)12(10)3)15(17-6)16(4,5)18-7/h9,15,17-18H,1-8H3. The molecule has 1 unspecified atom stereocenters. The average molecular weight is 264 g/mol. The van der Waals surface area contributed by atoms with Crippen LogP contribution in [0.5, 0.6) is 5.75 Å². The Hall–Kier alpha value is -1.06. The van der Waals surface area contributed by atoms with Gasteiger partial charge < -0.3 is 15.4 Å². The van der Waals surface area contributed by atoms with E-state index in [0.29, 0.717) is 0 Å². The Kier molecular flexibility index (Phi) is 4.99. The van der Waals surface area contributed by atoms with Gasteiger partial charge in [0.15, 0.2) is 0 Å². The first-order chi connectivity index (χ1) is 8.80. The lowest BCUT2D eigenvalue weighted by atomic mass is 9.84. The number of rotatable bonds is 5. The van der Waals surface area contributed by atoms with Crippen LogP contribution in [0.15, 0.2) is 6.07 Å². The van der Waals surface area contributed by atoms with Gasteiger partial charge in [-0.25, -0.2) is 0 Å². The first kappa shape index (κ1) is 16.0. The predicted octanol–water partition coefficient (Wildman–Crippen LogP) is 2.88. The zero-order chi connectivity index (χ0) is 14.8. The minimum Gasteiger partial charge on any atom is -0.496 e. The predicted molar refractivity (Wildman–Crippen MR) is 82.1 cm³/mol. The van der Waals surface area contributed by atoms with E-state index in [-0.39, 0.29) is 11.6 Å². The summed E-state index contributed by atoms with van der Waals surface area (Å²) in [5.74, 6) is 1.00. The lowest BCUT2D eigenvalue weighted by molar-refractivity contribution is 0.299. The van der Waals surface area contributed by atoms with Crippen molar-refractivity contribution in [3.63, 3.8) is 0 Å². The van der Waals surface area contributed by atoms with Crippen LogP contribution in [0.3, 0.4) is 0 Å². The third-order valence-corrected chi connectivity index (χ3v) is 4.18. The molecular formula is C16H28N2O. The Morgan fingerprint density at radius 2 is 1.68 bits per heavy atom. The van der Waals surface area contributed by atoms with Crippen LogP contribution < -0.4 is 15.4 Å². The van der Waals surface area contributed by atoms with Gasteiger partial charge in [0.1, 0.15) is 5.75 Å². The molecule has 1 aromatic carbocycles. The van der Waals surface area contributed by atoms with E-state index in [2.05, 4.69) is 51.3 Å². The molecule has 1 aromatic rings. The molecule has 2 N–H and O–H groups in total. The number of aryl methyl sites for hydroxylation is 2. The van der Waals surface area contributed by atoms with Gasteiger partial charge in [-0.3, -0.25) is 0 Å². The van der Waals surface area contributed by atoms with Gasteiger partial charge in [-0.05, 0) is 65.4 Å². The molecule has 0 aliphatic rings. The first-order valence-corrected chi connectivity index (χ1v) is 6.81. The largest absolute Gasteiger partial charge is 0.496 e. The number of hydrogen-bond acceptors (Lipinski definition) is 3. The second-order valence-electron chi connectivity index (χ2n) is 5.78. The van der Waals surface area contributed by atoms with Gasteiger partial charge >= 0.3 is 0 Å². The van der Waals surface area contributed by atoms with Crippen molar-refractivity contribution in [2.75, 3.05) is 21.2 Å². The number of benzene rings is 1. The molecule has 3 heteroatoms. The molecular weight excluding hydrogens is 236 g/mol. The van der Waals surface area contributed by atoms with E-state index >= 15 is 0 Å². The third kappa shape index (κ3) is 2.93. The molecule has 3 nitrogen and oxygen atoms in total. The zero-order valence-electron chi connectivity index (χ0n) is 13.6. The van der Waals surface area contributed by atoms with E-state index in [1.165, 1.54) is 22.3 Å². The van der Waals surface area contributed by atoms with Crippen molar-refractivity contribution < 1.29 is 4.74 Å². The van der Waals surface area contributed by atoms with Crippen molar-refractivity contribution >= 4 is 0 Å². The molecule has 0 saturated carbocycles. The smallest absolute Gasteiger partial charge is 0.127 e. The molecule has 0 aromatic heterocycles. The zero-order valence-corrected chi connectivity index (χ0v) is 13.6. The first-order valence-electron chi connectivity index (χ1n) is 6.81. The summed E-state index contributed by atoms with van der Waals surface area (Å²) >= 11 is 0. The molecule has 0 bridgehead atoms. The van der Waals surface area contributed by atoms with Crippen molar-refractivity contribution in [2.45, 2.75) is 46.2 Å². The second-order valence-corrected chi connectivity index (χ2v) is 5.78. The summed E-state index contributed by atoms with van der Waals surface area (Å²) in [5, 5.41) is 6.81. The molecule has 1 atom stereocenters. The summed E-state index contributed by atoms with van der Waals surface area (Å²) in [6.07, 6.45) is 0. The van der Waals surface area contributed by atoms with Crippen LogP contribution in [0, 0.1) is 20.8 Å². The fourth-order valence-electron chi connectivity index (χ4n) is 2.70. The molecule has 0 spiro atoms. The number of methoxy groups -OCH3 is 1. The number of hydrogen-bond donors (Lipinski definition) is 2. The van der Waals surface area contributed by atoms with E-state index in [0.717, 1.165) is 5.75 Å². The van der Waals surface area contributed by atoms with Crippen molar-refractivity contribution in [2.24, 2.45) is 0 Å². The maximum Gasteiger partial charge on any atom is 0.127 e. The van der Waals surface area contributed by atoms with E-state index in [4.69, 9.17) is 4.74 Å². The molecule has 0 amide bonds. The molecule has 0 fully saturated rings. The summed E-state index contributed by atoms with van der Waals surface area (Å²) in [6.45, 7) is 10.8. The minimum atomic E-state index is -0.0610. The van der Waals surface area contributed by atoms with E-state index in [9.17, 15) is 0 Å². The Balaban J connectivity index is 3.52. The van der Waals surface area contributed by atoms with E-state index < -0.39 is 0 Å². The number of nitrogens with one attached hydrogen (secondary N) is 2. The summed E-state index contributed by atoms with van der Waals surface area (Å²) in [6, 6.07) is 2.43. The molecule has 0 aliphatic carbocycles. The highest BCUT2D eigenvalue weighted by Gasteiger charge is 2.32. The normalized spacial score (nSPS) is 13.5. The van der Waals surface area contributed by atoms with Crippen LogP contribution in [0.1, 0.15) is 42.1 Å². The Bertz CT molecular complexity index is 453. The van der Waals surface area contributed by atoms with Gasteiger partial charge in [-0.1, -0.05) is 6.07 Å². The molecule has 0 saturated heterocycles. The fraction of sp³-hybridized carbons (Fsp3) is 0.625. The van der Waals surface area contributed by atoms with Crippen molar-refractivity contribution in [1.29, 1.82) is 0 Å². The monoisotopic (exact) mass is 264 g/mol. The van der Waals surface area contributed by atoms with Crippen LogP contribution in [-0.2, 0) is 0 Å². The fourth-order valence-corrected chi connectivity index (χ4v) is 2.70. The van der Waals surface area contributed by atoms with Crippen LogP contribution >= 0.6 is 0 Å². The van der Waals surface area contributed by atoms with Crippen molar-refractivity contribution in [3.05, 3.63) is 28.3 Å². The van der Waals surface area contributed by atoms with Crippen LogP contribution in [0.2, 0.25) is 0 Å². The molecule has 0 radical (unpaired) electrons. The van der Waals surface area contributed by atoms with Gasteiger partial charge in [0.05, 0.1) is 13.2 Å². The highest BCUT2D eigenvalue weighted by atomic mass is 16.5. The lowest BCUT2D eigenvalue weighted by Crippen LogP contribution is -2.48. The van der Waals surface area contributed by atoms with Gasteiger partial charge in [-0.2, -0.15) is 0 Å². The molecule has 1 rings (SSSR count). The topological polar surface area (TPSA) is 33.3 Å². The maximum atomic E-state index is 5.69. The van der Waals surface area contributed by atoms with E-state index in [1.807, 2.05) is 14.1 Å². The summed E-state index contributed by atoms with van der Waals surface area (Å²) in [5.41, 5.74) is 4.94. The SMILES string of the molecule is CNC(c1c(C)cc(C)c(C)c1OC)C(C)(C)NC. The molecule has 19 heavy (non-hydrogen) atoms. The highest BCUT2D eigenvalue weighted by molar-refractivity contribution is 5.52. The van der Waals surface area contributed by atoms with Crippen LogP contribution in [0.25, 0.3) is 0 Å². The van der Waals surface area contributed by atoms with Crippen molar-refractivity contribution in [3.8, 4) is 5.75 Å². The highest BCUT2D eigenvalue weighted by Crippen LogP contribution is 2.38. The number of ether oxygens (including phenoxy) is 1. The Labute approximate surface area is 117 Å². The van der Waals surface area contributed by atoms with E-state index in [1.54, 1.807) is 7.11 Å². The van der Waals surface area contributed by atoms with Gasteiger partial charge in [0.25, 0.3) is 0 Å². The van der Waals surface area contributed by atoms with Crippen LogP contribution in [0.4, 0.5) is 0 Å². The van der Waals surface area contributed by atoms with Gasteiger partial charge in [0, 0.05) is 11.1 Å². The Morgan fingerprint density at radius 1 is 1.11 bits per heavy atom. The Morgan fingerprint density at radius 3 is 2.11 bits per heavy atom. The lowest BCUT2D eigenvalue weighted by Gasteiger charge is -2.36. The summed E-state index contributed by atoms with van der Waals surface area (Å²) < 4.78 is 5.69. The number of likely N-dealkylation sites (N-methyl/N-ethyl adjacent to an activating group) is 2. The maximum absolute atomic E-state index is 5.69.